The van der Waals surface area contributed by atoms with Crippen LogP contribution in [0.15, 0.2) is 53.1 Å². The number of nitrogens with one attached hydrogen (secondary N) is 1. The van der Waals surface area contributed by atoms with Crippen molar-refractivity contribution in [2.45, 2.75) is 39.3 Å². The highest BCUT2D eigenvalue weighted by molar-refractivity contribution is 5.69. The Morgan fingerprint density at radius 3 is 2.47 bits per heavy atom. The summed E-state index contributed by atoms with van der Waals surface area (Å²) in [7, 11) is 0. The van der Waals surface area contributed by atoms with Crippen molar-refractivity contribution in [1.29, 1.82) is 0 Å². The number of aromatic nitrogens is 4. The van der Waals surface area contributed by atoms with Crippen molar-refractivity contribution in [3.63, 3.8) is 0 Å². The second-order valence-corrected chi connectivity index (χ2v) is 8.46. The molecule has 4 aromatic rings. The van der Waals surface area contributed by atoms with Crippen molar-refractivity contribution >= 4 is 5.82 Å². The number of aliphatic hydroxyl groups is 1. The topological polar surface area (TPSA) is 123 Å². The maximum absolute atomic E-state index is 14.8. The molecular weight excluding hydrogens is 435 g/mol. The third kappa shape index (κ3) is 5.11. The van der Waals surface area contributed by atoms with E-state index in [1.54, 1.807) is 18.3 Å². The summed E-state index contributed by atoms with van der Waals surface area (Å²) in [6.45, 7) is 6.53. The van der Waals surface area contributed by atoms with Crippen LogP contribution in [0.1, 0.15) is 37.8 Å². The molecule has 4 rings (SSSR count). The SMILES string of the molecule is CC(CO)NCc1ccc(-c2nnc(-c3nc(-c4ccc(C(C)C)cc4)cnc3N)o2)c(F)c1. The van der Waals surface area contributed by atoms with E-state index in [1.165, 1.54) is 11.6 Å². The minimum atomic E-state index is -0.496. The summed E-state index contributed by atoms with van der Waals surface area (Å²) in [5.74, 6) is 0.141. The van der Waals surface area contributed by atoms with Gasteiger partial charge in [0.1, 0.15) is 5.82 Å². The molecule has 1 unspecified atom stereocenters. The maximum atomic E-state index is 14.8. The second-order valence-electron chi connectivity index (χ2n) is 8.46. The van der Waals surface area contributed by atoms with E-state index < -0.39 is 5.82 Å². The molecule has 2 aromatic carbocycles. The predicted octanol–water partition coefficient (Wildman–Crippen LogP) is 4.18. The van der Waals surface area contributed by atoms with Crippen LogP contribution in [0, 0.1) is 5.82 Å². The molecule has 0 aliphatic heterocycles. The molecule has 0 spiro atoms. The van der Waals surface area contributed by atoms with Gasteiger partial charge in [-0.1, -0.05) is 44.2 Å². The fourth-order valence-electron chi connectivity index (χ4n) is 3.36. The Morgan fingerprint density at radius 2 is 1.79 bits per heavy atom. The molecule has 0 saturated carbocycles. The fraction of sp³-hybridized carbons (Fsp3) is 0.280. The van der Waals surface area contributed by atoms with Gasteiger partial charge in [-0.05, 0) is 36.1 Å². The van der Waals surface area contributed by atoms with E-state index in [0.29, 0.717) is 18.2 Å². The molecule has 34 heavy (non-hydrogen) atoms. The minimum Gasteiger partial charge on any atom is -0.414 e. The Bertz CT molecular complexity index is 1270. The van der Waals surface area contributed by atoms with Gasteiger partial charge in [0.05, 0.1) is 24.1 Å². The van der Waals surface area contributed by atoms with E-state index >= 15 is 0 Å². The van der Waals surface area contributed by atoms with Gasteiger partial charge in [0, 0.05) is 18.2 Å². The summed E-state index contributed by atoms with van der Waals surface area (Å²) >= 11 is 0. The molecule has 8 nitrogen and oxygen atoms in total. The summed E-state index contributed by atoms with van der Waals surface area (Å²) in [4.78, 5) is 8.80. The van der Waals surface area contributed by atoms with Crippen molar-refractivity contribution in [1.82, 2.24) is 25.5 Å². The molecule has 0 saturated heterocycles. The molecule has 0 aliphatic rings. The molecular formula is C25H27FN6O2. The number of hydrogen-bond donors (Lipinski definition) is 3. The van der Waals surface area contributed by atoms with E-state index in [0.717, 1.165) is 11.1 Å². The Morgan fingerprint density at radius 1 is 1.06 bits per heavy atom. The average molecular weight is 463 g/mol. The Labute approximate surface area is 197 Å². The summed E-state index contributed by atoms with van der Waals surface area (Å²) in [5.41, 5.74) is 9.88. The van der Waals surface area contributed by atoms with Crippen LogP contribution in [0.25, 0.3) is 34.3 Å². The first-order valence-corrected chi connectivity index (χ1v) is 11.1. The lowest BCUT2D eigenvalue weighted by molar-refractivity contribution is 0.251. The molecule has 0 bridgehead atoms. The molecule has 0 fully saturated rings. The zero-order valence-corrected chi connectivity index (χ0v) is 19.3. The van der Waals surface area contributed by atoms with Crippen molar-refractivity contribution in [3.8, 4) is 34.3 Å². The summed E-state index contributed by atoms with van der Waals surface area (Å²) < 4.78 is 20.5. The van der Waals surface area contributed by atoms with Crippen LogP contribution in [0.2, 0.25) is 0 Å². The Balaban J connectivity index is 1.59. The van der Waals surface area contributed by atoms with Gasteiger partial charge in [-0.25, -0.2) is 14.4 Å². The first kappa shape index (κ1) is 23.5. The highest BCUT2D eigenvalue weighted by Gasteiger charge is 2.19. The predicted molar refractivity (Wildman–Crippen MR) is 128 cm³/mol. The third-order valence-electron chi connectivity index (χ3n) is 5.49. The van der Waals surface area contributed by atoms with E-state index in [2.05, 4.69) is 51.5 Å². The lowest BCUT2D eigenvalue weighted by Crippen LogP contribution is -2.28. The van der Waals surface area contributed by atoms with Gasteiger partial charge >= 0.3 is 0 Å². The fourth-order valence-corrected chi connectivity index (χ4v) is 3.36. The van der Waals surface area contributed by atoms with Crippen molar-refractivity contribution in [3.05, 3.63) is 65.6 Å². The quantitative estimate of drug-likeness (QED) is 0.356. The maximum Gasteiger partial charge on any atom is 0.270 e. The van der Waals surface area contributed by atoms with Crippen molar-refractivity contribution < 1.29 is 13.9 Å². The number of anilines is 1. The molecule has 0 amide bonds. The number of hydrogen-bond acceptors (Lipinski definition) is 8. The summed E-state index contributed by atoms with van der Waals surface area (Å²) in [5, 5.41) is 20.2. The number of benzene rings is 2. The van der Waals surface area contributed by atoms with Crippen molar-refractivity contribution in [2.75, 3.05) is 12.3 Å². The molecule has 0 radical (unpaired) electrons. The molecule has 9 heteroatoms. The van der Waals surface area contributed by atoms with E-state index in [4.69, 9.17) is 15.3 Å². The largest absolute Gasteiger partial charge is 0.414 e. The van der Waals surface area contributed by atoms with E-state index in [9.17, 15) is 4.39 Å². The Hall–Kier alpha value is -3.69. The van der Waals surface area contributed by atoms with Crippen LogP contribution in [0.4, 0.5) is 10.2 Å². The standard InChI is InChI=1S/C25H27FN6O2/c1-14(2)17-5-7-18(8-6-17)21-12-29-23(27)22(30-21)25-32-31-24(34-25)19-9-4-16(10-20(19)26)11-28-15(3)13-33/h4-10,12,14-15,28,33H,11,13H2,1-3H3,(H2,27,29). The Kier molecular flexibility index (Phi) is 6.95. The first-order valence-electron chi connectivity index (χ1n) is 11.1. The lowest BCUT2D eigenvalue weighted by Gasteiger charge is -2.11. The van der Waals surface area contributed by atoms with Gasteiger partial charge in [-0.2, -0.15) is 0 Å². The first-order chi connectivity index (χ1) is 16.4. The highest BCUT2D eigenvalue weighted by atomic mass is 19.1. The third-order valence-corrected chi connectivity index (χ3v) is 5.49. The van der Waals surface area contributed by atoms with Gasteiger partial charge in [0.15, 0.2) is 11.5 Å². The van der Waals surface area contributed by atoms with Crippen molar-refractivity contribution in [2.24, 2.45) is 0 Å². The number of aliphatic hydroxyl groups excluding tert-OH is 1. The molecule has 2 aromatic heterocycles. The summed E-state index contributed by atoms with van der Waals surface area (Å²) in [6.07, 6.45) is 1.59. The smallest absolute Gasteiger partial charge is 0.270 e. The minimum absolute atomic E-state index is 0.00179. The van der Waals surface area contributed by atoms with Gasteiger partial charge in [0.2, 0.25) is 0 Å². The lowest BCUT2D eigenvalue weighted by atomic mass is 10.0. The van der Waals surface area contributed by atoms with Crippen LogP contribution in [-0.4, -0.2) is 37.9 Å². The van der Waals surface area contributed by atoms with Crippen LogP contribution in [-0.2, 0) is 6.54 Å². The van der Waals surface area contributed by atoms with Crippen LogP contribution < -0.4 is 11.1 Å². The van der Waals surface area contributed by atoms with Crippen LogP contribution >= 0.6 is 0 Å². The molecule has 4 N–H and O–H groups in total. The molecule has 0 aliphatic carbocycles. The van der Waals surface area contributed by atoms with Crippen LogP contribution in [0.5, 0.6) is 0 Å². The van der Waals surface area contributed by atoms with Gasteiger partial charge in [0.25, 0.3) is 11.8 Å². The van der Waals surface area contributed by atoms with Crippen LogP contribution in [0.3, 0.4) is 0 Å². The van der Waals surface area contributed by atoms with Gasteiger partial charge in [-0.3, -0.25) is 0 Å². The number of nitrogens with two attached hydrogens (primary N) is 1. The number of rotatable bonds is 8. The monoisotopic (exact) mass is 462 g/mol. The molecule has 2 heterocycles. The molecule has 176 valence electrons. The van der Waals surface area contributed by atoms with E-state index in [-0.39, 0.29) is 41.5 Å². The zero-order valence-electron chi connectivity index (χ0n) is 19.3. The summed E-state index contributed by atoms with van der Waals surface area (Å²) in [6, 6.07) is 12.7. The van der Waals surface area contributed by atoms with Gasteiger partial charge in [-0.15, -0.1) is 10.2 Å². The zero-order chi connectivity index (χ0) is 24.2. The average Bonchev–Trinajstić information content (AvgIpc) is 3.32. The van der Waals surface area contributed by atoms with Gasteiger partial charge < -0.3 is 20.6 Å². The normalized spacial score (nSPS) is 12.3. The molecule has 1 atom stereocenters. The van der Waals surface area contributed by atoms with E-state index in [1.807, 2.05) is 19.1 Å². The number of nitrogens with zero attached hydrogens (tertiary/aromatic N) is 4. The number of nitrogen functional groups attached to an aromatic ring is 1. The number of halogens is 1. The second kappa shape index (κ2) is 10.1. The highest BCUT2D eigenvalue weighted by Crippen LogP contribution is 2.29.